The summed E-state index contributed by atoms with van der Waals surface area (Å²) in [6, 6.07) is 8.20. The maximum Gasteiger partial charge on any atom is 0.263 e. The highest BCUT2D eigenvalue weighted by atomic mass is 79.9. The minimum Gasteiger partial charge on any atom is -0.392 e. The second-order valence-electron chi connectivity index (χ2n) is 4.13. The van der Waals surface area contributed by atoms with Gasteiger partial charge in [0.15, 0.2) is 0 Å². The van der Waals surface area contributed by atoms with Gasteiger partial charge in [0.1, 0.15) is 16.4 Å². The van der Waals surface area contributed by atoms with Crippen LogP contribution in [0.2, 0.25) is 5.02 Å². The highest BCUT2D eigenvalue weighted by Crippen LogP contribution is 2.30. The fourth-order valence-electron chi connectivity index (χ4n) is 1.64. The van der Waals surface area contributed by atoms with E-state index in [9.17, 15) is 12.8 Å². The summed E-state index contributed by atoms with van der Waals surface area (Å²) in [4.78, 5) is -0.117. The lowest BCUT2D eigenvalue weighted by Gasteiger charge is -2.12. The lowest BCUT2D eigenvalue weighted by atomic mass is 10.2. The van der Waals surface area contributed by atoms with Crippen LogP contribution in [-0.4, -0.2) is 13.5 Å². The molecule has 0 amide bonds. The van der Waals surface area contributed by atoms with Crippen molar-refractivity contribution in [3.05, 3.63) is 57.3 Å². The normalized spacial score (nSPS) is 11.4. The highest BCUT2D eigenvalue weighted by molar-refractivity contribution is 9.10. The number of aliphatic hydroxyl groups excluding tert-OH is 1. The zero-order valence-corrected chi connectivity index (χ0v) is 13.6. The van der Waals surface area contributed by atoms with Crippen LogP contribution in [0.4, 0.5) is 10.1 Å². The Morgan fingerprint density at radius 3 is 2.62 bits per heavy atom. The smallest absolute Gasteiger partial charge is 0.263 e. The minimum atomic E-state index is -4.05. The molecule has 0 saturated heterocycles. The number of rotatable bonds is 4. The van der Waals surface area contributed by atoms with Crippen LogP contribution >= 0.6 is 27.5 Å². The molecule has 0 spiro atoms. The van der Waals surface area contributed by atoms with Gasteiger partial charge >= 0.3 is 0 Å². The van der Waals surface area contributed by atoms with Gasteiger partial charge in [-0.2, -0.15) is 0 Å². The molecule has 0 saturated carbocycles. The van der Waals surface area contributed by atoms with Crippen LogP contribution in [-0.2, 0) is 16.6 Å². The third kappa shape index (κ3) is 3.55. The van der Waals surface area contributed by atoms with Crippen LogP contribution in [0.5, 0.6) is 0 Å². The van der Waals surface area contributed by atoms with Crippen LogP contribution in [0.25, 0.3) is 0 Å². The molecule has 0 aliphatic carbocycles. The third-order valence-electron chi connectivity index (χ3n) is 2.67. The molecule has 2 aromatic rings. The fourth-order valence-corrected chi connectivity index (χ4v) is 4.01. The van der Waals surface area contributed by atoms with E-state index in [1.54, 1.807) is 6.07 Å². The van der Waals surface area contributed by atoms with Gasteiger partial charge in [-0.15, -0.1) is 0 Å². The maximum atomic E-state index is 13.7. The van der Waals surface area contributed by atoms with E-state index >= 15 is 0 Å². The van der Waals surface area contributed by atoms with Crippen LogP contribution < -0.4 is 4.72 Å². The summed E-state index contributed by atoms with van der Waals surface area (Å²) in [6.45, 7) is -0.309. The molecule has 8 heteroatoms. The number of benzene rings is 2. The van der Waals surface area contributed by atoms with E-state index in [1.807, 2.05) is 0 Å². The Morgan fingerprint density at radius 2 is 2.00 bits per heavy atom. The average molecular weight is 395 g/mol. The zero-order valence-electron chi connectivity index (χ0n) is 10.5. The molecule has 0 unspecified atom stereocenters. The molecule has 112 valence electrons. The number of anilines is 1. The molecule has 21 heavy (non-hydrogen) atoms. The Balaban J connectivity index is 2.48. The largest absolute Gasteiger partial charge is 0.392 e. The first-order chi connectivity index (χ1) is 9.85. The molecule has 0 radical (unpaired) electrons. The summed E-state index contributed by atoms with van der Waals surface area (Å²) >= 11 is 8.92. The van der Waals surface area contributed by atoms with Crippen molar-refractivity contribution in [3.63, 3.8) is 0 Å². The van der Waals surface area contributed by atoms with E-state index in [0.29, 0.717) is 10.0 Å². The second kappa shape index (κ2) is 6.31. The summed E-state index contributed by atoms with van der Waals surface area (Å²) in [5, 5.41) is 9.04. The average Bonchev–Trinajstić information content (AvgIpc) is 2.43. The predicted molar refractivity (Wildman–Crippen MR) is 82.3 cm³/mol. The molecular weight excluding hydrogens is 385 g/mol. The first kappa shape index (κ1) is 16.2. The second-order valence-corrected chi connectivity index (χ2v) is 7.04. The lowest BCUT2D eigenvalue weighted by molar-refractivity contribution is 0.281. The van der Waals surface area contributed by atoms with Gasteiger partial charge in [-0.1, -0.05) is 23.7 Å². The molecular formula is C13H10BrClFNO3S. The van der Waals surface area contributed by atoms with E-state index in [-0.39, 0.29) is 22.2 Å². The van der Waals surface area contributed by atoms with E-state index < -0.39 is 15.8 Å². The quantitative estimate of drug-likeness (QED) is 0.833. The van der Waals surface area contributed by atoms with Crippen LogP contribution in [0, 0.1) is 5.82 Å². The topological polar surface area (TPSA) is 66.4 Å². The van der Waals surface area contributed by atoms with Crippen molar-refractivity contribution in [3.8, 4) is 0 Å². The molecule has 0 aromatic heterocycles. The summed E-state index contributed by atoms with van der Waals surface area (Å²) in [5.41, 5.74) is 0.0960. The molecule has 0 aliphatic heterocycles. The number of sulfonamides is 1. The van der Waals surface area contributed by atoms with Crippen molar-refractivity contribution in [1.29, 1.82) is 0 Å². The van der Waals surface area contributed by atoms with E-state index in [1.165, 1.54) is 24.3 Å². The van der Waals surface area contributed by atoms with Crippen molar-refractivity contribution in [2.45, 2.75) is 11.5 Å². The summed E-state index contributed by atoms with van der Waals surface area (Å²) in [6.07, 6.45) is 0. The predicted octanol–water partition coefficient (Wildman–Crippen LogP) is 3.53. The molecule has 0 bridgehead atoms. The minimum absolute atomic E-state index is 0.0481. The monoisotopic (exact) mass is 393 g/mol. The van der Waals surface area contributed by atoms with Gasteiger partial charge in [-0.3, -0.25) is 4.72 Å². The Kier molecular flexibility index (Phi) is 4.88. The number of nitrogens with one attached hydrogen (secondary N) is 1. The van der Waals surface area contributed by atoms with E-state index in [2.05, 4.69) is 20.7 Å². The molecule has 0 heterocycles. The van der Waals surface area contributed by atoms with Crippen molar-refractivity contribution in [2.24, 2.45) is 0 Å². The fraction of sp³-hybridized carbons (Fsp3) is 0.0769. The molecule has 4 nitrogen and oxygen atoms in total. The van der Waals surface area contributed by atoms with E-state index in [0.717, 1.165) is 6.07 Å². The number of para-hydroxylation sites is 1. The molecule has 2 N–H and O–H groups in total. The van der Waals surface area contributed by atoms with Gasteiger partial charge in [-0.05, 0) is 45.8 Å². The first-order valence-corrected chi connectivity index (χ1v) is 8.36. The molecule has 2 aromatic carbocycles. The number of hydrogen-bond donors (Lipinski definition) is 2. The number of hydrogen-bond acceptors (Lipinski definition) is 3. The SMILES string of the molecule is O=S(=O)(Nc1c(F)cccc1Cl)c1cc(CO)ccc1Br. The van der Waals surface area contributed by atoms with Crippen molar-refractivity contribution in [2.75, 3.05) is 4.72 Å². The summed E-state index contributed by atoms with van der Waals surface area (Å²) in [5.74, 6) is -0.777. The van der Waals surface area contributed by atoms with Gasteiger partial charge in [0, 0.05) is 4.47 Å². The number of aliphatic hydroxyl groups is 1. The molecule has 0 atom stereocenters. The Morgan fingerprint density at radius 1 is 1.29 bits per heavy atom. The maximum absolute atomic E-state index is 13.7. The first-order valence-electron chi connectivity index (χ1n) is 5.71. The highest BCUT2D eigenvalue weighted by Gasteiger charge is 2.21. The Labute approximate surface area is 134 Å². The lowest BCUT2D eigenvalue weighted by Crippen LogP contribution is -2.15. The van der Waals surface area contributed by atoms with Crippen LogP contribution in [0.1, 0.15) is 5.56 Å². The third-order valence-corrected chi connectivity index (χ3v) is 5.33. The van der Waals surface area contributed by atoms with Crippen molar-refractivity contribution < 1.29 is 17.9 Å². The van der Waals surface area contributed by atoms with Gasteiger partial charge < -0.3 is 5.11 Å². The Bertz CT molecular complexity index is 763. The van der Waals surface area contributed by atoms with Crippen molar-refractivity contribution >= 4 is 43.2 Å². The van der Waals surface area contributed by atoms with Crippen molar-refractivity contribution in [1.82, 2.24) is 0 Å². The molecule has 2 rings (SSSR count). The standard InChI is InChI=1S/C13H10BrClFNO3S/c14-9-5-4-8(7-18)6-12(9)21(19,20)17-13-10(15)2-1-3-11(13)16/h1-6,17-18H,7H2. The summed E-state index contributed by atoms with van der Waals surface area (Å²) in [7, 11) is -4.05. The summed E-state index contributed by atoms with van der Waals surface area (Å²) < 4.78 is 40.8. The molecule has 0 fully saturated rings. The van der Waals surface area contributed by atoms with E-state index in [4.69, 9.17) is 16.7 Å². The van der Waals surface area contributed by atoms with Gasteiger partial charge in [-0.25, -0.2) is 12.8 Å². The Hall–Kier alpha value is -1.15. The number of halogens is 3. The van der Waals surface area contributed by atoms with Gasteiger partial charge in [0.2, 0.25) is 0 Å². The van der Waals surface area contributed by atoms with Crippen LogP contribution in [0.15, 0.2) is 45.8 Å². The molecule has 0 aliphatic rings. The van der Waals surface area contributed by atoms with Gasteiger partial charge in [0.25, 0.3) is 10.0 Å². The zero-order chi connectivity index (χ0) is 15.6. The van der Waals surface area contributed by atoms with Gasteiger partial charge in [0.05, 0.1) is 11.6 Å². The van der Waals surface area contributed by atoms with Crippen LogP contribution in [0.3, 0.4) is 0 Å².